The monoisotopic (exact) mass is 189 g/mol. The van der Waals surface area contributed by atoms with E-state index < -0.39 is 0 Å². The van der Waals surface area contributed by atoms with E-state index in [-0.39, 0.29) is 5.60 Å². The molecule has 3 heteroatoms. The van der Waals surface area contributed by atoms with Crippen molar-refractivity contribution in [1.29, 1.82) is 0 Å². The van der Waals surface area contributed by atoms with E-state index in [1.165, 1.54) is 12.8 Å². The van der Waals surface area contributed by atoms with Crippen molar-refractivity contribution in [2.75, 3.05) is 31.7 Å². The molecule has 1 atom stereocenters. The summed E-state index contributed by atoms with van der Waals surface area (Å²) in [5, 5.41) is 3.37. The van der Waals surface area contributed by atoms with E-state index in [0.717, 1.165) is 25.4 Å². The van der Waals surface area contributed by atoms with Gasteiger partial charge in [0.05, 0.1) is 12.2 Å². The van der Waals surface area contributed by atoms with Crippen LogP contribution in [0.2, 0.25) is 0 Å². The smallest absolute Gasteiger partial charge is 0.0779 e. The van der Waals surface area contributed by atoms with Gasteiger partial charge in [-0.25, -0.2) is 0 Å². The van der Waals surface area contributed by atoms with Crippen LogP contribution in [-0.2, 0) is 4.74 Å². The lowest BCUT2D eigenvalue weighted by atomic mass is 9.96. The van der Waals surface area contributed by atoms with E-state index in [0.29, 0.717) is 0 Å². The van der Waals surface area contributed by atoms with Gasteiger partial charge in [0.25, 0.3) is 0 Å². The van der Waals surface area contributed by atoms with Crippen molar-refractivity contribution in [3.63, 3.8) is 0 Å². The molecule has 1 aliphatic heterocycles. The maximum Gasteiger partial charge on any atom is 0.0779 e. The summed E-state index contributed by atoms with van der Waals surface area (Å²) in [7, 11) is 0. The topological polar surface area (TPSA) is 21.3 Å². The Morgan fingerprint density at radius 3 is 3.00 bits per heavy atom. The van der Waals surface area contributed by atoms with Gasteiger partial charge in [-0.1, -0.05) is 0 Å². The summed E-state index contributed by atoms with van der Waals surface area (Å²) in [4.78, 5) is 0. The van der Waals surface area contributed by atoms with Crippen molar-refractivity contribution in [3.8, 4) is 0 Å². The van der Waals surface area contributed by atoms with Crippen LogP contribution in [0.4, 0.5) is 0 Å². The first-order valence-electron chi connectivity index (χ1n) is 4.60. The number of thioether (sulfide) groups is 1. The van der Waals surface area contributed by atoms with Crippen molar-refractivity contribution in [1.82, 2.24) is 5.32 Å². The first kappa shape index (κ1) is 10.4. The third kappa shape index (κ3) is 3.33. The lowest BCUT2D eigenvalue weighted by molar-refractivity contribution is -0.0387. The van der Waals surface area contributed by atoms with Crippen LogP contribution in [0.25, 0.3) is 0 Å². The maximum absolute atomic E-state index is 5.83. The van der Waals surface area contributed by atoms with Crippen molar-refractivity contribution in [3.05, 3.63) is 0 Å². The summed E-state index contributed by atoms with van der Waals surface area (Å²) in [5.74, 6) is 1.11. The van der Waals surface area contributed by atoms with E-state index in [9.17, 15) is 0 Å². The van der Waals surface area contributed by atoms with Crippen molar-refractivity contribution >= 4 is 11.8 Å². The van der Waals surface area contributed by atoms with Crippen LogP contribution >= 0.6 is 11.8 Å². The van der Waals surface area contributed by atoms with Crippen molar-refractivity contribution in [2.45, 2.75) is 25.4 Å². The van der Waals surface area contributed by atoms with Gasteiger partial charge in [-0.3, -0.25) is 0 Å². The molecular formula is C9H19NOS. The molecule has 12 heavy (non-hydrogen) atoms. The predicted molar refractivity (Wildman–Crippen MR) is 54.8 cm³/mol. The molecule has 2 nitrogen and oxygen atoms in total. The Balaban J connectivity index is 2.17. The van der Waals surface area contributed by atoms with Crippen LogP contribution in [0, 0.1) is 0 Å². The van der Waals surface area contributed by atoms with Gasteiger partial charge in [0.15, 0.2) is 0 Å². The lowest BCUT2D eigenvalue weighted by Gasteiger charge is -2.34. The first-order chi connectivity index (χ1) is 5.77. The SMILES string of the molecule is CSCCOC1(C)CCCNC1. The zero-order chi connectivity index (χ0) is 8.86. The van der Waals surface area contributed by atoms with Crippen LogP contribution in [0.3, 0.4) is 0 Å². The molecule has 0 bridgehead atoms. The summed E-state index contributed by atoms with van der Waals surface area (Å²) >= 11 is 1.84. The van der Waals surface area contributed by atoms with E-state index in [4.69, 9.17) is 4.74 Å². The fourth-order valence-electron chi connectivity index (χ4n) is 1.52. The normalized spacial score (nSPS) is 30.5. The second-order valence-electron chi connectivity index (χ2n) is 3.57. The molecule has 0 aromatic carbocycles. The van der Waals surface area contributed by atoms with Gasteiger partial charge in [0, 0.05) is 12.3 Å². The van der Waals surface area contributed by atoms with Crippen LogP contribution in [-0.4, -0.2) is 37.3 Å². The van der Waals surface area contributed by atoms with E-state index >= 15 is 0 Å². The number of piperidine rings is 1. The minimum atomic E-state index is 0.105. The van der Waals surface area contributed by atoms with E-state index in [2.05, 4.69) is 18.5 Å². The summed E-state index contributed by atoms with van der Waals surface area (Å²) in [5.41, 5.74) is 0.105. The molecule has 0 aliphatic carbocycles. The highest BCUT2D eigenvalue weighted by molar-refractivity contribution is 7.98. The minimum absolute atomic E-state index is 0.105. The number of hydrogen-bond donors (Lipinski definition) is 1. The quantitative estimate of drug-likeness (QED) is 0.677. The summed E-state index contributed by atoms with van der Waals surface area (Å²) in [6.07, 6.45) is 4.56. The Morgan fingerprint density at radius 2 is 2.42 bits per heavy atom. The second kappa shape index (κ2) is 5.10. The Bertz CT molecular complexity index is 124. The molecule has 1 saturated heterocycles. The van der Waals surface area contributed by atoms with Gasteiger partial charge in [-0.05, 0) is 32.6 Å². The number of hydrogen-bond acceptors (Lipinski definition) is 3. The number of nitrogens with one attached hydrogen (secondary N) is 1. The molecule has 1 aliphatic rings. The molecule has 0 aromatic rings. The second-order valence-corrected chi connectivity index (χ2v) is 4.56. The molecule has 0 amide bonds. The fourth-order valence-corrected chi connectivity index (χ4v) is 1.77. The average Bonchev–Trinajstić information content (AvgIpc) is 2.06. The first-order valence-corrected chi connectivity index (χ1v) is 6.00. The highest BCUT2D eigenvalue weighted by atomic mass is 32.2. The highest BCUT2D eigenvalue weighted by Gasteiger charge is 2.26. The van der Waals surface area contributed by atoms with Gasteiger partial charge in [-0.15, -0.1) is 0 Å². The Labute approximate surface area is 79.4 Å². The average molecular weight is 189 g/mol. The number of rotatable bonds is 4. The van der Waals surface area contributed by atoms with Gasteiger partial charge >= 0.3 is 0 Å². The summed E-state index contributed by atoms with van der Waals surface area (Å²) in [6.45, 7) is 5.27. The Hall–Kier alpha value is 0.270. The Morgan fingerprint density at radius 1 is 1.58 bits per heavy atom. The maximum atomic E-state index is 5.83. The third-order valence-corrected chi connectivity index (χ3v) is 2.87. The van der Waals surface area contributed by atoms with E-state index in [1.54, 1.807) is 0 Å². The molecule has 1 heterocycles. The van der Waals surface area contributed by atoms with Gasteiger partial charge in [0.2, 0.25) is 0 Å². The largest absolute Gasteiger partial charge is 0.373 e. The predicted octanol–water partition coefficient (Wildman–Crippen LogP) is 1.51. The van der Waals surface area contributed by atoms with Gasteiger partial charge in [-0.2, -0.15) is 11.8 Å². The molecule has 0 spiro atoms. The Kier molecular flexibility index (Phi) is 4.40. The fraction of sp³-hybridized carbons (Fsp3) is 1.00. The van der Waals surface area contributed by atoms with Crippen molar-refractivity contribution in [2.24, 2.45) is 0 Å². The minimum Gasteiger partial charge on any atom is -0.373 e. The third-order valence-electron chi connectivity index (χ3n) is 2.30. The van der Waals surface area contributed by atoms with Crippen LogP contribution in [0.1, 0.15) is 19.8 Å². The standard InChI is InChI=1S/C9H19NOS/c1-9(11-6-7-12-2)4-3-5-10-8-9/h10H,3-8H2,1-2H3. The molecule has 0 radical (unpaired) electrons. The van der Waals surface area contributed by atoms with Crippen molar-refractivity contribution < 1.29 is 4.74 Å². The molecule has 0 aromatic heterocycles. The molecule has 1 rings (SSSR count). The van der Waals surface area contributed by atoms with Gasteiger partial charge < -0.3 is 10.1 Å². The van der Waals surface area contributed by atoms with Crippen LogP contribution < -0.4 is 5.32 Å². The summed E-state index contributed by atoms with van der Waals surface area (Å²) in [6, 6.07) is 0. The van der Waals surface area contributed by atoms with Crippen LogP contribution in [0.15, 0.2) is 0 Å². The zero-order valence-corrected chi connectivity index (χ0v) is 8.88. The zero-order valence-electron chi connectivity index (χ0n) is 8.06. The molecule has 1 unspecified atom stereocenters. The molecule has 72 valence electrons. The molecular weight excluding hydrogens is 170 g/mol. The molecule has 1 fully saturated rings. The van der Waals surface area contributed by atoms with E-state index in [1.807, 2.05) is 11.8 Å². The number of ether oxygens (including phenoxy) is 1. The van der Waals surface area contributed by atoms with Gasteiger partial charge in [0.1, 0.15) is 0 Å². The van der Waals surface area contributed by atoms with Crippen LogP contribution in [0.5, 0.6) is 0 Å². The molecule has 1 N–H and O–H groups in total. The summed E-state index contributed by atoms with van der Waals surface area (Å²) < 4.78 is 5.83. The lowest BCUT2D eigenvalue weighted by Crippen LogP contribution is -2.45. The molecule has 0 saturated carbocycles. The highest BCUT2D eigenvalue weighted by Crippen LogP contribution is 2.19.